The number of rotatable bonds is 2. The van der Waals surface area contributed by atoms with Crippen molar-refractivity contribution in [1.82, 2.24) is 0 Å². The molecule has 5 heteroatoms. The minimum absolute atomic E-state index is 0.0530. The predicted molar refractivity (Wildman–Crippen MR) is 75.0 cm³/mol. The fraction of sp³-hybridized carbons (Fsp3) is 0. The first kappa shape index (κ1) is 13.1. The zero-order chi connectivity index (χ0) is 13.3. The molecule has 0 amide bonds. The summed E-state index contributed by atoms with van der Waals surface area (Å²) in [4.78, 5) is 12.2. The van der Waals surface area contributed by atoms with Crippen LogP contribution in [-0.4, -0.2) is 16.0 Å². The molecule has 0 atom stereocenters. The lowest BCUT2D eigenvalue weighted by molar-refractivity contribution is 0.103. The number of hydrogen-bond acceptors (Lipinski definition) is 3. The van der Waals surface area contributed by atoms with Gasteiger partial charge >= 0.3 is 0 Å². The Bertz CT molecular complexity index is 583. The van der Waals surface area contributed by atoms with Crippen LogP contribution in [0.25, 0.3) is 0 Å². The number of phenols is 2. The highest BCUT2D eigenvalue weighted by atomic mass is 79.9. The molecule has 0 unspecified atom stereocenters. The lowest BCUT2D eigenvalue weighted by Gasteiger charge is -2.05. The van der Waals surface area contributed by atoms with Crippen LogP contribution in [0.1, 0.15) is 15.9 Å². The number of carbonyl (C=O) groups is 1. The molecule has 92 valence electrons. The maximum atomic E-state index is 12.2. The van der Waals surface area contributed by atoms with Crippen molar-refractivity contribution in [3.8, 4) is 11.5 Å². The van der Waals surface area contributed by atoms with Crippen molar-refractivity contribution in [2.45, 2.75) is 0 Å². The maximum absolute atomic E-state index is 12.2. The first-order valence-electron chi connectivity index (χ1n) is 5.01. The summed E-state index contributed by atoms with van der Waals surface area (Å²) in [5.74, 6) is -0.0201. The van der Waals surface area contributed by atoms with Crippen molar-refractivity contribution in [1.29, 1.82) is 0 Å². The quantitative estimate of drug-likeness (QED) is 0.788. The Labute approximate surface area is 120 Å². The summed E-state index contributed by atoms with van der Waals surface area (Å²) >= 11 is 6.35. The van der Waals surface area contributed by atoms with Gasteiger partial charge in [0, 0.05) is 11.1 Å². The van der Waals surface area contributed by atoms with E-state index in [9.17, 15) is 15.0 Å². The molecule has 0 aliphatic heterocycles. The van der Waals surface area contributed by atoms with Crippen LogP contribution in [0, 0.1) is 0 Å². The van der Waals surface area contributed by atoms with Crippen LogP contribution in [0.5, 0.6) is 11.5 Å². The van der Waals surface area contributed by atoms with Gasteiger partial charge in [-0.2, -0.15) is 0 Å². The molecule has 2 aromatic rings. The second-order valence-corrected chi connectivity index (χ2v) is 5.37. The number of halogens is 2. The smallest absolute Gasteiger partial charge is 0.193 e. The third-order valence-electron chi connectivity index (χ3n) is 2.41. The van der Waals surface area contributed by atoms with Crippen molar-refractivity contribution in [3.63, 3.8) is 0 Å². The first-order chi connectivity index (χ1) is 8.49. The molecular formula is C13H8Br2O3. The Kier molecular flexibility index (Phi) is 3.73. The number of phenolic OH excluding ortho intramolecular Hbond substituents is 2. The van der Waals surface area contributed by atoms with Gasteiger partial charge in [0.15, 0.2) is 5.78 Å². The number of hydrogen-bond donors (Lipinski definition) is 2. The topological polar surface area (TPSA) is 57.5 Å². The van der Waals surface area contributed by atoms with E-state index in [1.165, 1.54) is 12.1 Å². The molecular weight excluding hydrogens is 364 g/mol. The van der Waals surface area contributed by atoms with Crippen LogP contribution in [0.2, 0.25) is 0 Å². The summed E-state index contributed by atoms with van der Waals surface area (Å²) < 4.78 is 0.887. The van der Waals surface area contributed by atoms with Crippen molar-refractivity contribution in [2.24, 2.45) is 0 Å². The number of benzene rings is 2. The minimum Gasteiger partial charge on any atom is -0.508 e. The van der Waals surface area contributed by atoms with E-state index < -0.39 is 0 Å². The van der Waals surface area contributed by atoms with Gasteiger partial charge in [0.1, 0.15) is 11.5 Å². The van der Waals surface area contributed by atoms with Crippen LogP contribution < -0.4 is 0 Å². The van der Waals surface area contributed by atoms with Crippen LogP contribution in [-0.2, 0) is 0 Å². The normalized spacial score (nSPS) is 10.3. The molecule has 0 aromatic heterocycles. The number of ketones is 1. The van der Waals surface area contributed by atoms with Crippen molar-refractivity contribution in [3.05, 3.63) is 56.5 Å². The molecule has 0 aliphatic carbocycles. The summed E-state index contributed by atoms with van der Waals surface area (Å²) in [6.45, 7) is 0. The molecule has 2 N–H and O–H groups in total. The largest absolute Gasteiger partial charge is 0.508 e. The summed E-state index contributed by atoms with van der Waals surface area (Å²) in [6.07, 6.45) is 0. The Balaban J connectivity index is 2.43. The van der Waals surface area contributed by atoms with E-state index in [1.807, 2.05) is 0 Å². The van der Waals surface area contributed by atoms with E-state index in [2.05, 4.69) is 31.9 Å². The Morgan fingerprint density at radius 1 is 0.889 bits per heavy atom. The molecule has 0 radical (unpaired) electrons. The molecule has 0 saturated carbocycles. The molecule has 0 bridgehead atoms. The van der Waals surface area contributed by atoms with E-state index >= 15 is 0 Å². The molecule has 2 rings (SSSR count). The molecule has 0 spiro atoms. The predicted octanol–water partition coefficient (Wildman–Crippen LogP) is 3.85. The molecule has 0 aliphatic rings. The fourth-order valence-electron chi connectivity index (χ4n) is 1.48. The minimum atomic E-state index is -0.184. The first-order valence-corrected chi connectivity index (χ1v) is 6.59. The van der Waals surface area contributed by atoms with Gasteiger partial charge in [0.2, 0.25) is 0 Å². The maximum Gasteiger partial charge on any atom is 0.193 e. The molecule has 18 heavy (non-hydrogen) atoms. The van der Waals surface area contributed by atoms with Crippen molar-refractivity contribution in [2.75, 3.05) is 0 Å². The summed E-state index contributed by atoms with van der Waals surface area (Å²) in [7, 11) is 0. The SMILES string of the molecule is O=C(c1ccc(O)cc1)c1cc(Br)c(O)c(Br)c1. The summed E-state index contributed by atoms with van der Waals surface area (Å²) in [5.41, 5.74) is 0.912. The Morgan fingerprint density at radius 3 is 1.89 bits per heavy atom. The summed E-state index contributed by atoms with van der Waals surface area (Å²) in [5, 5.41) is 18.8. The van der Waals surface area contributed by atoms with Gasteiger partial charge in [0.25, 0.3) is 0 Å². The lowest BCUT2D eigenvalue weighted by Crippen LogP contribution is -2.01. The molecule has 0 fully saturated rings. The number of aromatic hydroxyl groups is 2. The zero-order valence-corrected chi connectivity index (χ0v) is 12.2. The monoisotopic (exact) mass is 370 g/mol. The van der Waals surface area contributed by atoms with Gasteiger partial charge in [-0.05, 0) is 68.3 Å². The molecule has 2 aromatic carbocycles. The Hall–Kier alpha value is -1.33. The average molecular weight is 372 g/mol. The second-order valence-electron chi connectivity index (χ2n) is 3.66. The van der Waals surface area contributed by atoms with E-state index in [-0.39, 0.29) is 17.3 Å². The molecule has 0 saturated heterocycles. The highest BCUT2D eigenvalue weighted by molar-refractivity contribution is 9.11. The van der Waals surface area contributed by atoms with E-state index in [4.69, 9.17) is 0 Å². The zero-order valence-electron chi connectivity index (χ0n) is 9.02. The van der Waals surface area contributed by atoms with Crippen molar-refractivity contribution < 1.29 is 15.0 Å². The standard InChI is InChI=1S/C13H8Br2O3/c14-10-5-8(6-11(15)13(10)18)12(17)7-1-3-9(16)4-2-7/h1-6,16,18H. The van der Waals surface area contributed by atoms with Crippen LogP contribution in [0.15, 0.2) is 45.3 Å². The highest BCUT2D eigenvalue weighted by Gasteiger charge is 2.13. The third kappa shape index (κ3) is 2.57. The summed E-state index contributed by atoms with van der Waals surface area (Å²) in [6, 6.07) is 9.11. The lowest BCUT2D eigenvalue weighted by atomic mass is 10.0. The van der Waals surface area contributed by atoms with E-state index in [1.54, 1.807) is 24.3 Å². The van der Waals surface area contributed by atoms with Gasteiger partial charge in [-0.3, -0.25) is 4.79 Å². The van der Waals surface area contributed by atoms with Gasteiger partial charge < -0.3 is 10.2 Å². The van der Waals surface area contributed by atoms with Gasteiger partial charge in [-0.1, -0.05) is 0 Å². The third-order valence-corrected chi connectivity index (χ3v) is 3.62. The fourth-order valence-corrected chi connectivity index (χ4v) is 2.66. The second kappa shape index (κ2) is 5.12. The van der Waals surface area contributed by atoms with Crippen LogP contribution in [0.3, 0.4) is 0 Å². The Morgan fingerprint density at radius 2 is 1.39 bits per heavy atom. The van der Waals surface area contributed by atoms with E-state index in [0.29, 0.717) is 20.1 Å². The van der Waals surface area contributed by atoms with Crippen LogP contribution in [0.4, 0.5) is 0 Å². The number of carbonyl (C=O) groups excluding carboxylic acids is 1. The van der Waals surface area contributed by atoms with Gasteiger partial charge in [-0.15, -0.1) is 0 Å². The van der Waals surface area contributed by atoms with Gasteiger partial charge in [0.05, 0.1) is 8.95 Å². The highest BCUT2D eigenvalue weighted by Crippen LogP contribution is 2.34. The molecule has 3 nitrogen and oxygen atoms in total. The average Bonchev–Trinajstić information content (AvgIpc) is 2.35. The van der Waals surface area contributed by atoms with Gasteiger partial charge in [-0.25, -0.2) is 0 Å². The molecule has 0 heterocycles. The van der Waals surface area contributed by atoms with Crippen LogP contribution >= 0.6 is 31.9 Å². The van der Waals surface area contributed by atoms with Crippen molar-refractivity contribution >= 4 is 37.6 Å². The van der Waals surface area contributed by atoms with E-state index in [0.717, 1.165) is 0 Å².